The molecule has 1 atom stereocenters. The van der Waals surface area contributed by atoms with Gasteiger partial charge in [-0.1, -0.05) is 38.7 Å². The van der Waals surface area contributed by atoms with E-state index < -0.39 is 8.11 Å². The molecule has 0 N–H and O–H groups in total. The van der Waals surface area contributed by atoms with Crippen LogP contribution in [0, 0.1) is 0 Å². The largest absolute Gasteiger partial charge is 0.172 e. The lowest BCUT2D eigenvalue weighted by atomic mass is 10.1. The molecular formula is C11H23ClSi. The highest BCUT2D eigenvalue weighted by molar-refractivity contribution is 7.06. The molecule has 0 rings (SSSR count). The summed E-state index contributed by atoms with van der Waals surface area (Å²) in [5.41, 5.74) is 0. The van der Waals surface area contributed by atoms with Crippen molar-refractivity contribution in [2.24, 2.45) is 0 Å². The number of hydrogen-bond acceptors (Lipinski definition) is 0. The second kappa shape index (κ2) is 10.3. The second-order valence-electron chi connectivity index (χ2n) is 3.64. The molecular weight excluding hydrogens is 196 g/mol. The van der Waals surface area contributed by atoms with Crippen LogP contribution in [0.1, 0.15) is 45.4 Å². The molecule has 0 aromatic heterocycles. The second-order valence-corrected chi connectivity index (χ2v) is 8.08. The zero-order chi connectivity index (χ0) is 9.94. The third-order valence-electron chi connectivity index (χ3n) is 2.37. The van der Waals surface area contributed by atoms with E-state index in [1.807, 2.05) is 6.08 Å². The molecule has 0 saturated carbocycles. The summed E-state index contributed by atoms with van der Waals surface area (Å²) in [4.78, 5) is 0. The smallest absolute Gasteiger partial charge is 0.140 e. The maximum atomic E-state index is 6.15. The van der Waals surface area contributed by atoms with Gasteiger partial charge in [-0.05, 0) is 24.9 Å². The van der Waals surface area contributed by atoms with Gasteiger partial charge >= 0.3 is 0 Å². The molecule has 0 amide bonds. The topological polar surface area (TPSA) is 0 Å². The summed E-state index contributed by atoms with van der Waals surface area (Å²) in [6, 6.07) is 2.58. The number of halogens is 1. The van der Waals surface area contributed by atoms with E-state index in [1.54, 1.807) is 0 Å². The van der Waals surface area contributed by atoms with Crippen molar-refractivity contribution in [1.82, 2.24) is 0 Å². The first-order valence-electron chi connectivity index (χ1n) is 5.56. The molecule has 0 aliphatic carbocycles. The monoisotopic (exact) mass is 218 g/mol. The van der Waals surface area contributed by atoms with E-state index in [4.69, 9.17) is 11.1 Å². The van der Waals surface area contributed by atoms with E-state index in [1.165, 1.54) is 50.6 Å². The summed E-state index contributed by atoms with van der Waals surface area (Å²) >= 11 is 6.15. The maximum absolute atomic E-state index is 6.15. The van der Waals surface area contributed by atoms with E-state index in [0.717, 1.165) is 0 Å². The van der Waals surface area contributed by atoms with Gasteiger partial charge in [-0.15, -0.1) is 6.58 Å². The highest BCUT2D eigenvalue weighted by Crippen LogP contribution is 2.12. The fraction of sp³-hybridized carbons (Fsp3) is 0.818. The minimum absolute atomic E-state index is 0.790. The zero-order valence-corrected chi connectivity index (χ0v) is 10.8. The van der Waals surface area contributed by atoms with Crippen molar-refractivity contribution < 1.29 is 0 Å². The Bertz CT molecular complexity index is 115. The average Bonchev–Trinajstić information content (AvgIpc) is 2.16. The molecule has 0 aliphatic rings. The van der Waals surface area contributed by atoms with Gasteiger partial charge in [-0.2, -0.15) is 11.1 Å². The lowest BCUT2D eigenvalue weighted by Crippen LogP contribution is -1.99. The van der Waals surface area contributed by atoms with Crippen molar-refractivity contribution in [3.8, 4) is 0 Å². The highest BCUT2D eigenvalue weighted by Gasteiger charge is 2.02. The van der Waals surface area contributed by atoms with Gasteiger partial charge in [0.05, 0.1) is 0 Å². The molecule has 0 fully saturated rings. The zero-order valence-electron chi connectivity index (χ0n) is 8.90. The van der Waals surface area contributed by atoms with Crippen LogP contribution in [-0.2, 0) is 0 Å². The van der Waals surface area contributed by atoms with Crippen LogP contribution in [0.25, 0.3) is 0 Å². The Labute approximate surface area is 89.7 Å². The number of allylic oxidation sites excluding steroid dienone is 1. The Hall–Kier alpha value is 0.247. The predicted molar refractivity (Wildman–Crippen MR) is 66.2 cm³/mol. The van der Waals surface area contributed by atoms with Crippen molar-refractivity contribution in [2.45, 2.75) is 57.5 Å². The standard InChI is InChI=1S/C11H23ClSi/c1-3-5-6-7-8-9-10-11-13(12)4-2/h3,13H,1,4-11H2,2H3. The van der Waals surface area contributed by atoms with Crippen LogP contribution in [0.5, 0.6) is 0 Å². The number of hydrogen-bond donors (Lipinski definition) is 0. The van der Waals surface area contributed by atoms with Gasteiger partial charge in [-0.25, -0.2) is 0 Å². The molecule has 2 heteroatoms. The van der Waals surface area contributed by atoms with Crippen molar-refractivity contribution in [2.75, 3.05) is 0 Å². The van der Waals surface area contributed by atoms with Crippen molar-refractivity contribution in [3.05, 3.63) is 12.7 Å². The van der Waals surface area contributed by atoms with Gasteiger partial charge in [0.1, 0.15) is 8.11 Å². The fourth-order valence-electron chi connectivity index (χ4n) is 1.39. The quantitative estimate of drug-likeness (QED) is 0.232. The van der Waals surface area contributed by atoms with E-state index in [9.17, 15) is 0 Å². The summed E-state index contributed by atoms with van der Waals surface area (Å²) in [6.07, 6.45) is 10.0. The molecule has 78 valence electrons. The SMILES string of the molecule is C=CCCCCCCC[SiH](Cl)CC. The average molecular weight is 219 g/mol. The summed E-state index contributed by atoms with van der Waals surface area (Å²) in [6.45, 7) is 5.93. The molecule has 0 spiro atoms. The molecule has 0 nitrogen and oxygen atoms in total. The molecule has 0 bridgehead atoms. The molecule has 1 unspecified atom stereocenters. The van der Waals surface area contributed by atoms with Crippen molar-refractivity contribution >= 4 is 19.2 Å². The molecule has 0 aromatic rings. The fourth-order valence-corrected chi connectivity index (χ4v) is 2.99. The van der Waals surface area contributed by atoms with Gasteiger partial charge in [0, 0.05) is 0 Å². The van der Waals surface area contributed by atoms with Gasteiger partial charge in [0.15, 0.2) is 0 Å². The van der Waals surface area contributed by atoms with E-state index in [-0.39, 0.29) is 0 Å². The molecule has 0 aromatic carbocycles. The van der Waals surface area contributed by atoms with Crippen LogP contribution < -0.4 is 0 Å². The van der Waals surface area contributed by atoms with Crippen LogP contribution in [0.2, 0.25) is 12.1 Å². The van der Waals surface area contributed by atoms with E-state index in [2.05, 4.69) is 13.5 Å². The lowest BCUT2D eigenvalue weighted by Gasteiger charge is -2.03. The predicted octanol–water partition coefficient (Wildman–Crippen LogP) is 4.50. The highest BCUT2D eigenvalue weighted by atomic mass is 35.6. The summed E-state index contributed by atoms with van der Waals surface area (Å²) in [5, 5.41) is 0. The Morgan fingerprint density at radius 1 is 1.15 bits per heavy atom. The van der Waals surface area contributed by atoms with E-state index >= 15 is 0 Å². The molecule has 0 radical (unpaired) electrons. The van der Waals surface area contributed by atoms with Crippen molar-refractivity contribution in [3.63, 3.8) is 0 Å². The van der Waals surface area contributed by atoms with Crippen LogP contribution in [0.4, 0.5) is 0 Å². The lowest BCUT2D eigenvalue weighted by molar-refractivity contribution is 0.636. The first-order chi connectivity index (χ1) is 6.31. The van der Waals surface area contributed by atoms with Crippen LogP contribution in [0.3, 0.4) is 0 Å². The molecule has 13 heavy (non-hydrogen) atoms. The first-order valence-corrected chi connectivity index (χ1v) is 8.94. The van der Waals surface area contributed by atoms with Crippen molar-refractivity contribution in [1.29, 1.82) is 0 Å². The summed E-state index contributed by atoms with van der Waals surface area (Å²) in [5.74, 6) is 0. The molecule has 0 aliphatic heterocycles. The first kappa shape index (κ1) is 13.2. The Morgan fingerprint density at radius 2 is 1.77 bits per heavy atom. The third-order valence-corrected chi connectivity index (χ3v) is 5.87. The Balaban J connectivity index is 2.95. The van der Waals surface area contributed by atoms with Gasteiger partial charge in [0.2, 0.25) is 0 Å². The van der Waals surface area contributed by atoms with Gasteiger partial charge in [-0.3, -0.25) is 0 Å². The minimum atomic E-state index is -0.790. The van der Waals surface area contributed by atoms with Crippen LogP contribution in [-0.4, -0.2) is 8.11 Å². The summed E-state index contributed by atoms with van der Waals surface area (Å²) in [7, 11) is -0.790. The number of rotatable bonds is 9. The van der Waals surface area contributed by atoms with Crippen LogP contribution in [0.15, 0.2) is 12.7 Å². The molecule has 0 heterocycles. The normalized spacial score (nSPS) is 12.8. The maximum Gasteiger partial charge on any atom is 0.140 e. The Kier molecular flexibility index (Phi) is 10.5. The van der Waals surface area contributed by atoms with Gasteiger partial charge in [0.25, 0.3) is 0 Å². The Morgan fingerprint density at radius 3 is 2.38 bits per heavy atom. The van der Waals surface area contributed by atoms with Gasteiger partial charge < -0.3 is 0 Å². The molecule has 0 saturated heterocycles. The van der Waals surface area contributed by atoms with E-state index in [0.29, 0.717) is 0 Å². The summed E-state index contributed by atoms with van der Waals surface area (Å²) < 4.78 is 0. The third kappa shape index (κ3) is 10.2. The minimum Gasteiger partial charge on any atom is -0.172 e. The van der Waals surface area contributed by atoms with Crippen LogP contribution >= 0.6 is 11.1 Å². The number of unbranched alkanes of at least 4 members (excludes halogenated alkanes) is 5.